The minimum absolute atomic E-state index is 0.0614. The third-order valence-electron chi connectivity index (χ3n) is 2.21. The summed E-state index contributed by atoms with van der Waals surface area (Å²) in [4.78, 5) is 10.8. The highest BCUT2D eigenvalue weighted by molar-refractivity contribution is 7.91. The van der Waals surface area contributed by atoms with Gasteiger partial charge in [0.2, 0.25) is 0 Å². The predicted octanol–water partition coefficient (Wildman–Crippen LogP) is 1.11. The fourth-order valence-corrected chi connectivity index (χ4v) is 4.02. The second kappa shape index (κ2) is 5.95. The van der Waals surface area contributed by atoms with Crippen molar-refractivity contribution in [3.05, 3.63) is 17.0 Å². The maximum absolute atomic E-state index is 12.1. The minimum Gasteiger partial charge on any atom is -0.481 e. The highest BCUT2D eigenvalue weighted by Gasteiger charge is 2.25. The first-order valence-electron chi connectivity index (χ1n) is 5.13. The van der Waals surface area contributed by atoms with Gasteiger partial charge in [0.15, 0.2) is 0 Å². The van der Waals surface area contributed by atoms with E-state index in [1.165, 1.54) is 12.1 Å². The number of nitrogens with zero attached hydrogens (tertiary/aromatic N) is 2. The van der Waals surface area contributed by atoms with Crippen molar-refractivity contribution in [2.75, 3.05) is 13.1 Å². The number of nitriles is 1. The average Bonchev–Trinajstić information content (AvgIpc) is 2.78. The predicted molar refractivity (Wildman–Crippen MR) is 65.7 cm³/mol. The SMILES string of the molecule is CCN(CCC(=O)O)S(=O)(=O)c1ccc(C#N)s1. The van der Waals surface area contributed by atoms with Gasteiger partial charge in [-0.1, -0.05) is 6.92 Å². The Morgan fingerprint density at radius 1 is 1.56 bits per heavy atom. The Kier molecular flexibility index (Phi) is 4.84. The van der Waals surface area contributed by atoms with Crippen molar-refractivity contribution >= 4 is 27.3 Å². The van der Waals surface area contributed by atoms with Crippen molar-refractivity contribution < 1.29 is 18.3 Å². The Bertz CT molecular complexity index is 571. The molecular formula is C10H12N2O4S2. The number of carbonyl (C=O) groups is 1. The van der Waals surface area contributed by atoms with Crippen LogP contribution in [-0.2, 0) is 14.8 Å². The molecule has 1 aromatic rings. The fraction of sp³-hybridized carbons (Fsp3) is 0.400. The third-order valence-corrected chi connectivity index (χ3v) is 5.65. The van der Waals surface area contributed by atoms with Crippen molar-refractivity contribution in [2.24, 2.45) is 0 Å². The molecule has 1 aromatic heterocycles. The van der Waals surface area contributed by atoms with Crippen LogP contribution in [0.2, 0.25) is 0 Å². The highest BCUT2D eigenvalue weighted by atomic mass is 32.2. The third kappa shape index (κ3) is 3.29. The molecule has 18 heavy (non-hydrogen) atoms. The van der Waals surface area contributed by atoms with Crippen LogP contribution in [0, 0.1) is 11.3 Å². The normalized spacial score (nSPS) is 11.4. The topological polar surface area (TPSA) is 98.5 Å². The first-order valence-corrected chi connectivity index (χ1v) is 7.39. The molecule has 0 atom stereocenters. The van der Waals surface area contributed by atoms with E-state index in [1.807, 2.05) is 6.07 Å². The summed E-state index contributed by atoms with van der Waals surface area (Å²) in [6.07, 6.45) is -0.246. The van der Waals surface area contributed by atoms with Crippen LogP contribution in [0.3, 0.4) is 0 Å². The molecule has 0 radical (unpaired) electrons. The van der Waals surface area contributed by atoms with Crippen LogP contribution in [-0.4, -0.2) is 36.9 Å². The zero-order valence-corrected chi connectivity index (χ0v) is 11.3. The van der Waals surface area contributed by atoms with Crippen molar-refractivity contribution in [3.8, 4) is 6.07 Å². The summed E-state index contributed by atoms with van der Waals surface area (Å²) < 4.78 is 25.4. The molecule has 0 aliphatic carbocycles. The Morgan fingerprint density at radius 2 is 2.22 bits per heavy atom. The van der Waals surface area contributed by atoms with Gasteiger partial charge in [0.1, 0.15) is 15.2 Å². The van der Waals surface area contributed by atoms with Crippen LogP contribution < -0.4 is 0 Å². The van der Waals surface area contributed by atoms with E-state index in [1.54, 1.807) is 6.92 Å². The van der Waals surface area contributed by atoms with Gasteiger partial charge in [-0.2, -0.15) is 9.57 Å². The van der Waals surface area contributed by atoms with E-state index in [9.17, 15) is 13.2 Å². The van der Waals surface area contributed by atoms with Gasteiger partial charge >= 0.3 is 5.97 Å². The quantitative estimate of drug-likeness (QED) is 0.845. The van der Waals surface area contributed by atoms with Crippen LogP contribution in [0.15, 0.2) is 16.3 Å². The van der Waals surface area contributed by atoms with Gasteiger partial charge in [0, 0.05) is 13.1 Å². The molecule has 0 aliphatic heterocycles. The van der Waals surface area contributed by atoms with Crippen LogP contribution in [0.5, 0.6) is 0 Å². The van der Waals surface area contributed by atoms with Gasteiger partial charge in [0.25, 0.3) is 10.0 Å². The van der Waals surface area contributed by atoms with Gasteiger partial charge in [-0.25, -0.2) is 8.42 Å². The van der Waals surface area contributed by atoms with Gasteiger partial charge in [-0.15, -0.1) is 11.3 Å². The number of thiophene rings is 1. The summed E-state index contributed by atoms with van der Waals surface area (Å²) in [5.41, 5.74) is 0. The Morgan fingerprint density at radius 3 is 2.67 bits per heavy atom. The molecule has 1 rings (SSSR count). The molecule has 0 bridgehead atoms. The molecule has 0 saturated carbocycles. The number of sulfonamides is 1. The van der Waals surface area contributed by atoms with E-state index < -0.39 is 16.0 Å². The zero-order valence-electron chi connectivity index (χ0n) is 9.66. The average molecular weight is 288 g/mol. The van der Waals surface area contributed by atoms with Crippen molar-refractivity contribution in [1.82, 2.24) is 4.31 Å². The van der Waals surface area contributed by atoms with Crippen molar-refractivity contribution in [1.29, 1.82) is 5.26 Å². The maximum atomic E-state index is 12.1. The molecule has 0 fully saturated rings. The lowest BCUT2D eigenvalue weighted by atomic mass is 10.4. The lowest BCUT2D eigenvalue weighted by Gasteiger charge is -2.18. The van der Waals surface area contributed by atoms with Crippen LogP contribution in [0.25, 0.3) is 0 Å². The van der Waals surface area contributed by atoms with E-state index in [0.717, 1.165) is 15.6 Å². The number of hydrogen-bond donors (Lipinski definition) is 1. The number of rotatable bonds is 6. The molecule has 0 spiro atoms. The minimum atomic E-state index is -3.70. The van der Waals surface area contributed by atoms with Crippen LogP contribution in [0.4, 0.5) is 0 Å². The largest absolute Gasteiger partial charge is 0.481 e. The van der Waals surface area contributed by atoms with Gasteiger partial charge in [0.05, 0.1) is 6.42 Å². The van der Waals surface area contributed by atoms with Gasteiger partial charge < -0.3 is 5.11 Å². The van der Waals surface area contributed by atoms with Crippen molar-refractivity contribution in [3.63, 3.8) is 0 Å². The van der Waals surface area contributed by atoms with Crippen LogP contribution >= 0.6 is 11.3 Å². The molecule has 0 unspecified atom stereocenters. The number of carboxylic acid groups (broad SMARTS) is 1. The molecular weight excluding hydrogens is 276 g/mol. The first-order chi connectivity index (χ1) is 8.41. The lowest BCUT2D eigenvalue weighted by molar-refractivity contribution is -0.137. The maximum Gasteiger partial charge on any atom is 0.304 e. The standard InChI is InChI=1S/C10H12N2O4S2/c1-2-12(6-5-9(13)14)18(15,16)10-4-3-8(7-11)17-10/h3-4H,2,5-6H2,1H3,(H,13,14). The fourth-order valence-electron chi connectivity index (χ4n) is 1.31. The molecule has 0 aliphatic rings. The summed E-state index contributed by atoms with van der Waals surface area (Å²) >= 11 is 0.880. The number of aliphatic carboxylic acids is 1. The van der Waals surface area contributed by atoms with E-state index >= 15 is 0 Å². The summed E-state index contributed by atoms with van der Waals surface area (Å²) in [6, 6.07) is 4.66. The monoisotopic (exact) mass is 288 g/mol. The molecule has 1 N–H and O–H groups in total. The molecule has 0 amide bonds. The number of carboxylic acids is 1. The molecule has 1 heterocycles. The smallest absolute Gasteiger partial charge is 0.304 e. The summed E-state index contributed by atoms with van der Waals surface area (Å²) in [6.45, 7) is 1.75. The second-order valence-electron chi connectivity index (χ2n) is 3.37. The first kappa shape index (κ1) is 14.6. The molecule has 0 saturated heterocycles. The number of hydrogen-bond acceptors (Lipinski definition) is 5. The van der Waals surface area contributed by atoms with E-state index in [2.05, 4.69) is 0 Å². The molecule has 8 heteroatoms. The van der Waals surface area contributed by atoms with Gasteiger partial charge in [-0.05, 0) is 12.1 Å². The molecule has 6 nitrogen and oxygen atoms in total. The van der Waals surface area contributed by atoms with E-state index in [0.29, 0.717) is 4.88 Å². The summed E-state index contributed by atoms with van der Waals surface area (Å²) in [5.74, 6) is -1.05. The Labute approximate surface area is 109 Å². The highest BCUT2D eigenvalue weighted by Crippen LogP contribution is 2.24. The van der Waals surface area contributed by atoms with Crippen molar-refractivity contribution in [2.45, 2.75) is 17.6 Å². The lowest BCUT2D eigenvalue weighted by Crippen LogP contribution is -2.32. The molecule has 0 aromatic carbocycles. The second-order valence-corrected chi connectivity index (χ2v) is 6.62. The Hall–Kier alpha value is -1.43. The Balaban J connectivity index is 2.96. The van der Waals surface area contributed by atoms with E-state index in [4.69, 9.17) is 10.4 Å². The summed E-state index contributed by atoms with van der Waals surface area (Å²) in [5, 5.41) is 17.2. The van der Waals surface area contributed by atoms with Gasteiger partial charge in [-0.3, -0.25) is 4.79 Å². The van der Waals surface area contributed by atoms with E-state index in [-0.39, 0.29) is 23.7 Å². The zero-order chi connectivity index (χ0) is 13.8. The summed E-state index contributed by atoms with van der Waals surface area (Å²) in [7, 11) is -3.70. The van der Waals surface area contributed by atoms with Crippen LogP contribution in [0.1, 0.15) is 18.2 Å². The molecule has 98 valence electrons.